The topological polar surface area (TPSA) is 82.3 Å². The zero-order valence-electron chi connectivity index (χ0n) is 11.4. The lowest BCUT2D eigenvalue weighted by molar-refractivity contribution is 0.175. The molecule has 1 atom stereocenters. The minimum absolute atomic E-state index is 0.236. The van der Waals surface area contributed by atoms with E-state index in [2.05, 4.69) is 15.4 Å². The van der Waals surface area contributed by atoms with E-state index in [0.29, 0.717) is 27.9 Å². The third-order valence-corrected chi connectivity index (χ3v) is 3.05. The van der Waals surface area contributed by atoms with Gasteiger partial charge in [-0.2, -0.15) is 4.80 Å². The number of hydrogen-bond acceptors (Lipinski definition) is 6. The number of nitrogens with zero attached hydrogens (tertiary/aromatic N) is 4. The van der Waals surface area contributed by atoms with E-state index in [1.807, 2.05) is 0 Å². The van der Waals surface area contributed by atoms with Crippen LogP contribution < -0.4 is 9.47 Å². The molecule has 0 saturated carbocycles. The summed E-state index contributed by atoms with van der Waals surface area (Å²) in [5, 5.41) is 22.2. The van der Waals surface area contributed by atoms with Crippen molar-refractivity contribution in [3.8, 4) is 11.5 Å². The number of rotatable bonds is 5. The Morgan fingerprint density at radius 3 is 2.65 bits per heavy atom. The molecule has 0 spiro atoms. The highest BCUT2D eigenvalue weighted by molar-refractivity contribution is 6.32. The number of hydrogen-bond donors (Lipinski definition) is 1. The van der Waals surface area contributed by atoms with E-state index in [0.717, 1.165) is 0 Å². The van der Waals surface area contributed by atoms with Gasteiger partial charge in [-0.25, -0.2) is 0 Å². The average molecular weight is 299 g/mol. The van der Waals surface area contributed by atoms with Gasteiger partial charge in [-0.15, -0.1) is 10.2 Å². The molecule has 0 aliphatic heterocycles. The Kier molecular flexibility index (Phi) is 4.41. The molecule has 1 N–H and O–H groups in total. The number of aliphatic hydroxyl groups is 1. The Labute approximate surface area is 121 Å². The van der Waals surface area contributed by atoms with E-state index in [4.69, 9.17) is 21.1 Å². The van der Waals surface area contributed by atoms with Crippen molar-refractivity contribution in [3.63, 3.8) is 0 Å². The third kappa shape index (κ3) is 3.00. The second-order valence-electron chi connectivity index (χ2n) is 4.15. The molecule has 1 aromatic carbocycles. The molecule has 2 rings (SSSR count). The van der Waals surface area contributed by atoms with E-state index < -0.39 is 6.10 Å². The normalized spacial score (nSPS) is 12.2. The Bertz CT molecular complexity index is 602. The van der Waals surface area contributed by atoms with Gasteiger partial charge in [-0.05, 0) is 22.9 Å². The predicted molar refractivity (Wildman–Crippen MR) is 72.0 cm³/mol. The highest BCUT2D eigenvalue weighted by atomic mass is 35.5. The van der Waals surface area contributed by atoms with Crippen molar-refractivity contribution in [1.29, 1.82) is 0 Å². The maximum atomic E-state index is 10.2. The van der Waals surface area contributed by atoms with Crippen LogP contribution >= 0.6 is 11.6 Å². The van der Waals surface area contributed by atoms with Crippen molar-refractivity contribution in [2.45, 2.75) is 12.5 Å². The first-order valence-corrected chi connectivity index (χ1v) is 6.25. The molecule has 1 heterocycles. The predicted octanol–water partition coefficient (Wildman–Crippen LogP) is 1.16. The van der Waals surface area contributed by atoms with Crippen LogP contribution in [0.5, 0.6) is 11.5 Å². The van der Waals surface area contributed by atoms with Crippen LogP contribution in [0.15, 0.2) is 12.1 Å². The lowest BCUT2D eigenvalue weighted by atomic mass is 10.1. The molecule has 0 bridgehead atoms. The molecule has 1 unspecified atom stereocenters. The standard InChI is InChI=1S/C12H15ClN4O3/c1-17-15-11(14-16-17)6-9(18)7-4-8(13)12(20-3)10(5-7)19-2/h4-5,9,18H,6H2,1-3H3. The minimum atomic E-state index is -0.809. The Balaban J connectivity index is 2.25. The molecule has 1 aromatic heterocycles. The van der Waals surface area contributed by atoms with Crippen molar-refractivity contribution in [3.05, 3.63) is 28.5 Å². The van der Waals surface area contributed by atoms with Crippen LogP contribution in [0.4, 0.5) is 0 Å². The van der Waals surface area contributed by atoms with Crippen LogP contribution in [0.3, 0.4) is 0 Å². The summed E-state index contributed by atoms with van der Waals surface area (Å²) in [5.74, 6) is 1.34. The van der Waals surface area contributed by atoms with Gasteiger partial charge in [-0.3, -0.25) is 0 Å². The van der Waals surface area contributed by atoms with Crippen LogP contribution in [-0.4, -0.2) is 39.5 Å². The van der Waals surface area contributed by atoms with Crippen molar-refractivity contribution in [2.75, 3.05) is 14.2 Å². The van der Waals surface area contributed by atoms with Crippen molar-refractivity contribution < 1.29 is 14.6 Å². The SMILES string of the molecule is COc1cc(C(O)Cc2nnn(C)n2)cc(Cl)c1OC. The van der Waals surface area contributed by atoms with E-state index >= 15 is 0 Å². The fourth-order valence-corrected chi connectivity index (χ4v) is 2.12. The number of aromatic nitrogens is 4. The molecular weight excluding hydrogens is 284 g/mol. The first-order valence-electron chi connectivity index (χ1n) is 5.87. The van der Waals surface area contributed by atoms with Gasteiger partial charge in [-0.1, -0.05) is 11.6 Å². The van der Waals surface area contributed by atoms with Crippen molar-refractivity contribution >= 4 is 11.6 Å². The number of methoxy groups -OCH3 is 2. The molecule has 0 fully saturated rings. The first kappa shape index (κ1) is 14.5. The van der Waals surface area contributed by atoms with Crippen LogP contribution in [0.2, 0.25) is 5.02 Å². The average Bonchev–Trinajstić information content (AvgIpc) is 2.82. The number of benzene rings is 1. The quantitative estimate of drug-likeness (QED) is 0.892. The van der Waals surface area contributed by atoms with Crippen LogP contribution in [0, 0.1) is 0 Å². The van der Waals surface area contributed by atoms with Crippen molar-refractivity contribution in [2.24, 2.45) is 7.05 Å². The number of aryl methyl sites for hydroxylation is 1. The minimum Gasteiger partial charge on any atom is -0.493 e. The Hall–Kier alpha value is -1.86. The Morgan fingerprint density at radius 1 is 1.35 bits per heavy atom. The molecule has 108 valence electrons. The van der Waals surface area contributed by atoms with Gasteiger partial charge < -0.3 is 14.6 Å². The molecule has 7 nitrogen and oxygen atoms in total. The second kappa shape index (κ2) is 6.06. The molecule has 8 heteroatoms. The molecule has 20 heavy (non-hydrogen) atoms. The third-order valence-electron chi connectivity index (χ3n) is 2.77. The summed E-state index contributed by atoms with van der Waals surface area (Å²) < 4.78 is 10.3. The second-order valence-corrected chi connectivity index (χ2v) is 4.56. The maximum absolute atomic E-state index is 10.2. The molecule has 0 radical (unpaired) electrons. The zero-order valence-corrected chi connectivity index (χ0v) is 12.1. The maximum Gasteiger partial charge on any atom is 0.179 e. The summed E-state index contributed by atoms with van der Waals surface area (Å²) in [6, 6.07) is 3.30. The van der Waals surface area contributed by atoms with Gasteiger partial charge in [0.2, 0.25) is 0 Å². The number of tetrazole rings is 1. The molecule has 0 amide bonds. The molecule has 0 saturated heterocycles. The highest BCUT2D eigenvalue weighted by Crippen LogP contribution is 2.37. The Morgan fingerprint density at radius 2 is 2.10 bits per heavy atom. The first-order chi connectivity index (χ1) is 9.55. The number of aliphatic hydroxyl groups excluding tert-OH is 1. The van der Waals surface area contributed by atoms with Gasteiger partial charge in [0, 0.05) is 6.42 Å². The van der Waals surface area contributed by atoms with E-state index in [1.54, 1.807) is 19.2 Å². The lowest BCUT2D eigenvalue weighted by Crippen LogP contribution is -2.05. The fourth-order valence-electron chi connectivity index (χ4n) is 1.83. The summed E-state index contributed by atoms with van der Waals surface area (Å²) in [7, 11) is 4.67. The molecule has 0 aliphatic carbocycles. The fraction of sp³-hybridized carbons (Fsp3) is 0.417. The van der Waals surface area contributed by atoms with Crippen LogP contribution in [0.1, 0.15) is 17.5 Å². The van der Waals surface area contributed by atoms with E-state index in [9.17, 15) is 5.11 Å². The van der Waals surface area contributed by atoms with Crippen LogP contribution in [-0.2, 0) is 13.5 Å². The van der Waals surface area contributed by atoms with Gasteiger partial charge in [0.1, 0.15) is 0 Å². The largest absolute Gasteiger partial charge is 0.493 e. The van der Waals surface area contributed by atoms with Gasteiger partial charge in [0.15, 0.2) is 17.3 Å². The number of ether oxygens (including phenoxy) is 2. The summed E-state index contributed by atoms with van der Waals surface area (Å²) in [6.45, 7) is 0. The summed E-state index contributed by atoms with van der Waals surface area (Å²) in [6.07, 6.45) is -0.573. The monoisotopic (exact) mass is 298 g/mol. The van der Waals surface area contributed by atoms with E-state index in [-0.39, 0.29) is 6.42 Å². The number of halogens is 1. The van der Waals surface area contributed by atoms with Crippen LogP contribution in [0.25, 0.3) is 0 Å². The lowest BCUT2D eigenvalue weighted by Gasteiger charge is -2.14. The van der Waals surface area contributed by atoms with E-state index in [1.165, 1.54) is 19.0 Å². The van der Waals surface area contributed by atoms with Gasteiger partial charge >= 0.3 is 0 Å². The summed E-state index contributed by atoms with van der Waals surface area (Å²) >= 11 is 6.10. The highest BCUT2D eigenvalue weighted by Gasteiger charge is 2.17. The van der Waals surface area contributed by atoms with Crippen molar-refractivity contribution in [1.82, 2.24) is 20.2 Å². The summed E-state index contributed by atoms with van der Waals surface area (Å²) in [4.78, 5) is 1.34. The smallest absolute Gasteiger partial charge is 0.179 e. The van der Waals surface area contributed by atoms with Gasteiger partial charge in [0.25, 0.3) is 0 Å². The molecule has 2 aromatic rings. The van der Waals surface area contributed by atoms with Gasteiger partial charge in [0.05, 0.1) is 32.4 Å². The zero-order chi connectivity index (χ0) is 14.7. The molecular formula is C12H15ClN4O3. The molecule has 0 aliphatic rings. The summed E-state index contributed by atoms with van der Waals surface area (Å²) in [5.41, 5.74) is 0.597.